The number of H-pyrrole nitrogens is 1. The maximum Gasteiger partial charge on any atom is 0.431 e. The summed E-state index contributed by atoms with van der Waals surface area (Å²) in [6, 6.07) is 16.4. The summed E-state index contributed by atoms with van der Waals surface area (Å²) in [6.45, 7) is 0. The third-order valence-corrected chi connectivity index (χ3v) is 5.57. The average molecular weight is 426 g/mol. The highest BCUT2D eigenvalue weighted by atomic mass is 19.4. The first-order valence-electron chi connectivity index (χ1n) is 10.1. The normalized spacial score (nSPS) is 14.5. The monoisotopic (exact) mass is 426 g/mol. The van der Waals surface area contributed by atoms with Gasteiger partial charge in [-0.3, -0.25) is 9.59 Å². The van der Waals surface area contributed by atoms with Crippen molar-refractivity contribution in [3.63, 3.8) is 0 Å². The van der Waals surface area contributed by atoms with Gasteiger partial charge in [-0.05, 0) is 60.1 Å². The van der Waals surface area contributed by atoms with Crippen molar-refractivity contribution in [2.24, 2.45) is 0 Å². The van der Waals surface area contributed by atoms with E-state index in [4.69, 9.17) is 0 Å². The molecule has 2 aromatic carbocycles. The second kappa shape index (κ2) is 8.41. The standard InChI is InChI=1S/C24H21F3N2O2/c25-24(26,27)20-13-12-19(22(30)28-20)23(31)29-21(16-7-2-1-3-8-16)18-11-10-15-6-4-5-9-17(15)14-18/h1-3,7-8,10-14,21H,4-6,9H2,(H,28,30)(H,29,31). The van der Waals surface area contributed by atoms with Crippen molar-refractivity contribution in [1.82, 2.24) is 10.3 Å². The van der Waals surface area contributed by atoms with E-state index in [0.717, 1.165) is 42.9 Å². The summed E-state index contributed by atoms with van der Waals surface area (Å²) in [6.07, 6.45) is -0.429. The number of carbonyl (C=O) groups excluding carboxylic acids is 1. The van der Waals surface area contributed by atoms with Gasteiger partial charge in [0.25, 0.3) is 11.5 Å². The van der Waals surface area contributed by atoms with E-state index in [1.165, 1.54) is 11.1 Å². The molecule has 0 saturated carbocycles. The van der Waals surface area contributed by atoms with Gasteiger partial charge in [0.2, 0.25) is 0 Å². The molecule has 4 rings (SSSR count). The Kier molecular flexibility index (Phi) is 5.67. The van der Waals surface area contributed by atoms with E-state index in [0.29, 0.717) is 6.07 Å². The molecule has 0 aliphatic heterocycles. The summed E-state index contributed by atoms with van der Waals surface area (Å²) in [4.78, 5) is 26.8. The van der Waals surface area contributed by atoms with Crippen LogP contribution in [0, 0.1) is 0 Å². The van der Waals surface area contributed by atoms with Crippen LogP contribution >= 0.6 is 0 Å². The van der Waals surface area contributed by atoms with Crippen LogP contribution in [0.2, 0.25) is 0 Å². The predicted molar refractivity (Wildman–Crippen MR) is 111 cm³/mol. The topological polar surface area (TPSA) is 62.0 Å². The van der Waals surface area contributed by atoms with Crippen LogP contribution in [-0.4, -0.2) is 10.9 Å². The molecule has 0 fully saturated rings. The Morgan fingerprint density at radius 1 is 0.903 bits per heavy atom. The molecule has 1 aliphatic rings. The number of alkyl halides is 3. The second-order valence-electron chi connectivity index (χ2n) is 7.66. The number of pyridine rings is 1. The summed E-state index contributed by atoms with van der Waals surface area (Å²) in [5.74, 6) is -0.735. The molecule has 7 heteroatoms. The fraction of sp³-hybridized carbons (Fsp3) is 0.250. The number of aromatic nitrogens is 1. The Balaban J connectivity index is 1.68. The number of fused-ring (bicyclic) bond motifs is 1. The molecule has 1 amide bonds. The molecular weight excluding hydrogens is 405 g/mol. The zero-order chi connectivity index (χ0) is 22.0. The lowest BCUT2D eigenvalue weighted by Gasteiger charge is -2.23. The lowest BCUT2D eigenvalue weighted by molar-refractivity contribution is -0.141. The van der Waals surface area contributed by atoms with Gasteiger partial charge >= 0.3 is 6.18 Å². The molecule has 1 atom stereocenters. The molecule has 0 bridgehead atoms. The van der Waals surface area contributed by atoms with Crippen molar-refractivity contribution in [1.29, 1.82) is 0 Å². The Hall–Kier alpha value is -3.35. The van der Waals surface area contributed by atoms with Crippen LogP contribution in [0.1, 0.15) is 57.2 Å². The first kappa shape index (κ1) is 20.9. The highest BCUT2D eigenvalue weighted by Crippen LogP contribution is 2.29. The van der Waals surface area contributed by atoms with Gasteiger partial charge in [-0.25, -0.2) is 0 Å². The Bertz CT molecular complexity index is 1150. The highest BCUT2D eigenvalue weighted by molar-refractivity contribution is 5.94. The third-order valence-electron chi connectivity index (χ3n) is 5.57. The van der Waals surface area contributed by atoms with Gasteiger partial charge in [-0.15, -0.1) is 0 Å². The number of benzene rings is 2. The number of hydrogen-bond donors (Lipinski definition) is 2. The van der Waals surface area contributed by atoms with E-state index in [-0.39, 0.29) is 5.56 Å². The number of aryl methyl sites for hydroxylation is 2. The molecular formula is C24H21F3N2O2. The summed E-state index contributed by atoms with van der Waals surface area (Å²) < 4.78 is 38.5. The van der Waals surface area contributed by atoms with E-state index in [1.54, 1.807) is 4.98 Å². The first-order valence-corrected chi connectivity index (χ1v) is 10.1. The van der Waals surface area contributed by atoms with E-state index in [9.17, 15) is 22.8 Å². The molecule has 160 valence electrons. The number of carbonyl (C=O) groups is 1. The molecule has 2 N–H and O–H groups in total. The number of halogens is 3. The second-order valence-corrected chi connectivity index (χ2v) is 7.66. The van der Waals surface area contributed by atoms with E-state index < -0.39 is 29.4 Å². The highest BCUT2D eigenvalue weighted by Gasteiger charge is 2.32. The van der Waals surface area contributed by atoms with Crippen molar-refractivity contribution in [3.8, 4) is 0 Å². The van der Waals surface area contributed by atoms with Gasteiger partial charge in [0, 0.05) is 0 Å². The molecule has 0 saturated heterocycles. The maximum absolute atomic E-state index is 12.9. The van der Waals surface area contributed by atoms with Gasteiger partial charge in [0.1, 0.15) is 11.3 Å². The minimum absolute atomic E-state index is 0.369. The molecule has 3 aromatic rings. The summed E-state index contributed by atoms with van der Waals surface area (Å²) in [5.41, 5.74) is 1.58. The number of nitrogens with one attached hydrogen (secondary N) is 2. The van der Waals surface area contributed by atoms with Crippen molar-refractivity contribution in [2.45, 2.75) is 37.9 Å². The Morgan fingerprint density at radius 3 is 2.29 bits per heavy atom. The summed E-state index contributed by atoms with van der Waals surface area (Å²) in [5, 5.41) is 2.83. The molecule has 1 heterocycles. The van der Waals surface area contributed by atoms with Crippen LogP contribution in [0.15, 0.2) is 65.5 Å². The lowest BCUT2D eigenvalue weighted by atomic mass is 9.88. The smallest absolute Gasteiger partial charge is 0.341 e. The van der Waals surface area contributed by atoms with Crippen LogP contribution in [0.5, 0.6) is 0 Å². The fourth-order valence-corrected chi connectivity index (χ4v) is 3.96. The van der Waals surface area contributed by atoms with Crippen molar-refractivity contribution in [3.05, 3.63) is 105 Å². The van der Waals surface area contributed by atoms with Gasteiger partial charge in [-0.2, -0.15) is 13.2 Å². The van der Waals surface area contributed by atoms with Crippen LogP contribution in [0.25, 0.3) is 0 Å². The van der Waals surface area contributed by atoms with Gasteiger partial charge in [-0.1, -0.05) is 48.5 Å². The number of aromatic amines is 1. The zero-order valence-electron chi connectivity index (χ0n) is 16.6. The molecule has 1 aromatic heterocycles. The first-order chi connectivity index (χ1) is 14.8. The van der Waals surface area contributed by atoms with Crippen molar-refractivity contribution in [2.75, 3.05) is 0 Å². The number of rotatable bonds is 4. The van der Waals surface area contributed by atoms with E-state index >= 15 is 0 Å². The fourth-order valence-electron chi connectivity index (χ4n) is 3.96. The largest absolute Gasteiger partial charge is 0.431 e. The quantitative estimate of drug-likeness (QED) is 0.630. The molecule has 0 radical (unpaired) electrons. The Labute approximate surface area is 177 Å². The van der Waals surface area contributed by atoms with Crippen molar-refractivity contribution >= 4 is 5.91 Å². The summed E-state index contributed by atoms with van der Waals surface area (Å²) >= 11 is 0. The van der Waals surface area contributed by atoms with Crippen LogP contribution in [0.3, 0.4) is 0 Å². The summed E-state index contributed by atoms with van der Waals surface area (Å²) in [7, 11) is 0. The van der Waals surface area contributed by atoms with Crippen molar-refractivity contribution < 1.29 is 18.0 Å². The molecule has 0 spiro atoms. The SMILES string of the molecule is O=C(NC(c1ccccc1)c1ccc2c(c1)CCCC2)c1ccc(C(F)(F)F)[nH]c1=O. The van der Waals surface area contributed by atoms with Gasteiger partial charge < -0.3 is 10.3 Å². The average Bonchev–Trinajstić information content (AvgIpc) is 2.77. The van der Waals surface area contributed by atoms with Crippen LogP contribution < -0.4 is 10.9 Å². The number of amides is 1. The minimum atomic E-state index is -4.69. The lowest BCUT2D eigenvalue weighted by Crippen LogP contribution is -2.34. The zero-order valence-corrected chi connectivity index (χ0v) is 16.6. The molecule has 4 nitrogen and oxygen atoms in total. The Morgan fingerprint density at radius 2 is 1.61 bits per heavy atom. The predicted octanol–water partition coefficient (Wildman–Crippen LogP) is 4.79. The van der Waals surface area contributed by atoms with Crippen LogP contribution in [-0.2, 0) is 19.0 Å². The maximum atomic E-state index is 12.9. The van der Waals surface area contributed by atoms with E-state index in [2.05, 4.69) is 17.4 Å². The molecule has 31 heavy (non-hydrogen) atoms. The van der Waals surface area contributed by atoms with Gasteiger partial charge in [0.15, 0.2) is 0 Å². The third kappa shape index (κ3) is 4.55. The van der Waals surface area contributed by atoms with Gasteiger partial charge in [0.05, 0.1) is 6.04 Å². The van der Waals surface area contributed by atoms with E-state index in [1.807, 2.05) is 36.4 Å². The molecule has 1 unspecified atom stereocenters. The molecule has 1 aliphatic carbocycles. The minimum Gasteiger partial charge on any atom is -0.341 e. The van der Waals surface area contributed by atoms with Crippen LogP contribution in [0.4, 0.5) is 13.2 Å². The number of hydrogen-bond acceptors (Lipinski definition) is 2.